The van der Waals surface area contributed by atoms with Gasteiger partial charge in [0.05, 0.1) is 29.7 Å². The zero-order chi connectivity index (χ0) is 38.8. The second-order valence-corrected chi connectivity index (χ2v) is 17.8. The van der Waals surface area contributed by atoms with Gasteiger partial charge in [0, 0.05) is 55.7 Å². The summed E-state index contributed by atoms with van der Waals surface area (Å²) in [6.45, 7) is 9.17. The lowest BCUT2D eigenvalue weighted by Gasteiger charge is -2.26. The van der Waals surface area contributed by atoms with Crippen LogP contribution in [-0.2, 0) is 26.2 Å². The van der Waals surface area contributed by atoms with E-state index in [-0.39, 0.29) is 19.4 Å². The number of rotatable bonds is 12. The molecule has 2 fully saturated rings. The summed E-state index contributed by atoms with van der Waals surface area (Å²) in [5.41, 5.74) is 1.34. The number of aryl methyl sites for hydroxylation is 2. The third-order valence-corrected chi connectivity index (χ3v) is 13.1. The molecule has 54 heavy (non-hydrogen) atoms. The van der Waals surface area contributed by atoms with Gasteiger partial charge >= 0.3 is 6.03 Å². The molecule has 0 bridgehead atoms. The normalized spacial score (nSPS) is 23.5. The molecule has 15 heteroatoms. The van der Waals surface area contributed by atoms with E-state index < -0.39 is 50.1 Å². The SMILES string of the molecule is COc1ccc2c(OCC[C@@H]3NC(=O)N(C)CCCC/C=C\[C@@H]4C[C@@]4(C(=O)NS(=O)(=O)C4(C)CC4)NC3=O)cc(-c3ccn(CCC(C)C)n3)nc2c1C. The third-order valence-electron chi connectivity index (χ3n) is 10.9. The highest BCUT2D eigenvalue weighted by atomic mass is 32.2. The van der Waals surface area contributed by atoms with Gasteiger partial charge in [-0.3, -0.25) is 19.0 Å². The topological polar surface area (TPSA) is 174 Å². The van der Waals surface area contributed by atoms with Crippen molar-refractivity contribution in [3.8, 4) is 22.9 Å². The Hall–Kier alpha value is -4.66. The van der Waals surface area contributed by atoms with Crippen molar-refractivity contribution in [2.75, 3.05) is 27.3 Å². The zero-order valence-electron chi connectivity index (χ0n) is 32.1. The average Bonchev–Trinajstić information content (AvgIpc) is 4.00. The minimum absolute atomic E-state index is 0.0177. The Kier molecular flexibility index (Phi) is 11.3. The van der Waals surface area contributed by atoms with Crippen molar-refractivity contribution < 1.29 is 32.3 Å². The molecule has 292 valence electrons. The van der Waals surface area contributed by atoms with Crippen LogP contribution in [0.15, 0.2) is 42.6 Å². The second-order valence-electron chi connectivity index (χ2n) is 15.6. The van der Waals surface area contributed by atoms with Gasteiger partial charge in [0.25, 0.3) is 5.91 Å². The predicted octanol–water partition coefficient (Wildman–Crippen LogP) is 4.85. The monoisotopic (exact) mass is 763 g/mol. The molecule has 1 aliphatic heterocycles. The van der Waals surface area contributed by atoms with Crippen LogP contribution in [0.1, 0.15) is 77.7 Å². The highest BCUT2D eigenvalue weighted by molar-refractivity contribution is 7.91. The molecule has 4 amide bonds. The van der Waals surface area contributed by atoms with E-state index in [4.69, 9.17) is 19.6 Å². The number of methoxy groups -OCH3 is 1. The summed E-state index contributed by atoms with van der Waals surface area (Å²) in [4.78, 5) is 47.6. The number of urea groups is 1. The van der Waals surface area contributed by atoms with Crippen molar-refractivity contribution in [3.05, 3.63) is 48.2 Å². The summed E-state index contributed by atoms with van der Waals surface area (Å²) in [6.07, 6.45) is 10.3. The number of carbonyl (C=O) groups excluding carboxylic acids is 3. The summed E-state index contributed by atoms with van der Waals surface area (Å²) in [7, 11) is -0.668. The number of sulfonamides is 1. The lowest BCUT2D eigenvalue weighted by Crippen LogP contribution is -2.58. The number of fused-ring (bicyclic) bond motifs is 2. The Morgan fingerprint density at radius 3 is 2.63 bits per heavy atom. The van der Waals surface area contributed by atoms with Gasteiger partial charge in [0.15, 0.2) is 0 Å². The number of amides is 4. The number of nitrogens with zero attached hydrogens (tertiary/aromatic N) is 4. The van der Waals surface area contributed by atoms with Crippen LogP contribution in [0.2, 0.25) is 0 Å². The number of aromatic nitrogens is 3. The molecule has 2 saturated carbocycles. The first kappa shape index (κ1) is 39.0. The number of hydrogen-bond donors (Lipinski definition) is 3. The Bertz CT molecular complexity index is 2040. The van der Waals surface area contributed by atoms with Crippen LogP contribution in [0.4, 0.5) is 4.79 Å². The van der Waals surface area contributed by atoms with E-state index in [0.29, 0.717) is 53.7 Å². The average molecular weight is 764 g/mol. The smallest absolute Gasteiger partial charge is 0.317 e. The zero-order valence-corrected chi connectivity index (χ0v) is 32.9. The molecule has 0 unspecified atom stereocenters. The van der Waals surface area contributed by atoms with Crippen LogP contribution >= 0.6 is 0 Å². The van der Waals surface area contributed by atoms with Crippen LogP contribution < -0.4 is 24.8 Å². The molecule has 3 atom stereocenters. The summed E-state index contributed by atoms with van der Waals surface area (Å²) >= 11 is 0. The number of ether oxygens (including phenoxy) is 2. The number of nitrogens with one attached hydrogen (secondary N) is 3. The largest absolute Gasteiger partial charge is 0.496 e. The first-order valence-corrected chi connectivity index (χ1v) is 20.4. The second kappa shape index (κ2) is 15.6. The standard InChI is InChI=1S/C39H53N7O7S/c1-25(2)14-20-46-21-15-29(43-46)31-23-33(28-12-13-32(52-6)26(3)34(28)40-31)53-22-16-30-35(47)42-39(36(48)44-54(50,51)38(4)17-18-38)24-27(39)11-9-7-8-10-19-45(5)37(49)41-30/h9,11-13,15,21,23,25,27,30H,7-8,10,14,16-20,22,24H2,1-6H3,(H,41,49)(H,42,47)(H,44,48)/b11-9-/t27-,30+,39-/m1/s1. The van der Waals surface area contributed by atoms with Crippen molar-refractivity contribution in [1.82, 2.24) is 35.0 Å². The van der Waals surface area contributed by atoms with Crippen LogP contribution in [0.25, 0.3) is 22.3 Å². The minimum atomic E-state index is -3.94. The molecule has 0 saturated heterocycles. The van der Waals surface area contributed by atoms with Gasteiger partial charge < -0.3 is 25.0 Å². The lowest BCUT2D eigenvalue weighted by atomic mass is 10.1. The maximum absolute atomic E-state index is 14.1. The Balaban J connectivity index is 1.26. The third kappa shape index (κ3) is 8.35. The van der Waals surface area contributed by atoms with Gasteiger partial charge in [0.2, 0.25) is 15.9 Å². The van der Waals surface area contributed by atoms with Gasteiger partial charge in [0.1, 0.15) is 28.8 Å². The van der Waals surface area contributed by atoms with E-state index in [1.807, 2.05) is 54.2 Å². The Labute approximate surface area is 317 Å². The van der Waals surface area contributed by atoms with E-state index in [9.17, 15) is 22.8 Å². The van der Waals surface area contributed by atoms with Crippen LogP contribution in [0, 0.1) is 18.8 Å². The molecule has 0 spiro atoms. The quantitative estimate of drug-likeness (QED) is 0.218. The number of benzene rings is 1. The van der Waals surface area contributed by atoms with Crippen molar-refractivity contribution in [3.63, 3.8) is 0 Å². The maximum atomic E-state index is 14.1. The summed E-state index contributed by atoms with van der Waals surface area (Å²) in [5.74, 6) is -0.0368. The Morgan fingerprint density at radius 2 is 1.91 bits per heavy atom. The predicted molar refractivity (Wildman–Crippen MR) is 205 cm³/mol. The maximum Gasteiger partial charge on any atom is 0.317 e. The molecule has 14 nitrogen and oxygen atoms in total. The van der Waals surface area contributed by atoms with E-state index in [2.05, 4.69) is 29.2 Å². The molecule has 1 aromatic carbocycles. The number of hydrogen-bond acceptors (Lipinski definition) is 9. The van der Waals surface area contributed by atoms with Crippen molar-refractivity contribution >= 4 is 38.8 Å². The highest BCUT2D eigenvalue weighted by Gasteiger charge is 2.62. The summed E-state index contributed by atoms with van der Waals surface area (Å²) in [6, 6.07) is 5.93. The highest BCUT2D eigenvalue weighted by Crippen LogP contribution is 2.47. The first-order chi connectivity index (χ1) is 25.7. The summed E-state index contributed by atoms with van der Waals surface area (Å²) < 4.78 is 41.3. The molecule has 6 rings (SSSR count). The lowest BCUT2D eigenvalue weighted by molar-refractivity contribution is -0.130. The molecule has 3 N–H and O–H groups in total. The molecular formula is C39H53N7O7S. The molecule has 2 aromatic heterocycles. The van der Waals surface area contributed by atoms with E-state index in [1.54, 1.807) is 21.1 Å². The summed E-state index contributed by atoms with van der Waals surface area (Å²) in [5, 5.41) is 11.2. The van der Waals surface area contributed by atoms with Gasteiger partial charge in [-0.05, 0) is 82.9 Å². The van der Waals surface area contributed by atoms with E-state index in [1.165, 1.54) is 4.90 Å². The van der Waals surface area contributed by atoms with Crippen molar-refractivity contribution in [2.45, 2.75) is 102 Å². The molecule has 3 aliphatic rings. The molecule has 2 aliphatic carbocycles. The van der Waals surface area contributed by atoms with Gasteiger partial charge in [-0.1, -0.05) is 26.0 Å². The van der Waals surface area contributed by atoms with Crippen LogP contribution in [-0.4, -0.2) is 89.6 Å². The fourth-order valence-electron chi connectivity index (χ4n) is 6.72. The van der Waals surface area contributed by atoms with Gasteiger partial charge in [-0.15, -0.1) is 0 Å². The van der Waals surface area contributed by atoms with Gasteiger partial charge in [-0.2, -0.15) is 5.10 Å². The van der Waals surface area contributed by atoms with Crippen molar-refractivity contribution in [2.24, 2.45) is 11.8 Å². The van der Waals surface area contributed by atoms with Crippen LogP contribution in [0.3, 0.4) is 0 Å². The van der Waals surface area contributed by atoms with Gasteiger partial charge in [-0.25, -0.2) is 18.2 Å². The number of allylic oxidation sites excluding steroid dienone is 1. The van der Waals surface area contributed by atoms with Crippen molar-refractivity contribution in [1.29, 1.82) is 0 Å². The fourth-order valence-corrected chi connectivity index (χ4v) is 8.03. The molecule has 0 radical (unpaired) electrons. The van der Waals surface area contributed by atoms with Crippen LogP contribution in [0.5, 0.6) is 11.5 Å². The fraction of sp³-hybridized carbons (Fsp3) is 0.564. The first-order valence-electron chi connectivity index (χ1n) is 18.9. The number of pyridine rings is 1. The molecule has 3 aromatic rings. The number of carbonyl (C=O) groups is 3. The van der Waals surface area contributed by atoms with E-state index in [0.717, 1.165) is 43.2 Å². The van der Waals surface area contributed by atoms with E-state index >= 15 is 0 Å². The molecular weight excluding hydrogens is 711 g/mol. The Morgan fingerprint density at radius 1 is 1.13 bits per heavy atom. The molecule has 3 heterocycles. The minimum Gasteiger partial charge on any atom is -0.496 e.